The third-order valence-electron chi connectivity index (χ3n) is 3.66. The monoisotopic (exact) mass is 376 g/mol. The second-order valence-corrected chi connectivity index (χ2v) is 7.76. The Morgan fingerprint density at radius 2 is 1.77 bits per heavy atom. The van der Waals surface area contributed by atoms with Crippen LogP contribution in [0.5, 0.6) is 0 Å². The number of nitrogens with zero attached hydrogens (tertiary/aromatic N) is 2. The van der Waals surface area contributed by atoms with Crippen LogP contribution in [0.15, 0.2) is 35.2 Å². The van der Waals surface area contributed by atoms with Gasteiger partial charge in [-0.3, -0.25) is 9.52 Å². The van der Waals surface area contributed by atoms with E-state index >= 15 is 0 Å². The minimum atomic E-state index is -3.76. The van der Waals surface area contributed by atoms with Crippen molar-refractivity contribution in [1.29, 1.82) is 0 Å². The fraction of sp³-hybridized carbons (Fsp3) is 0.389. The van der Waals surface area contributed by atoms with Gasteiger partial charge < -0.3 is 5.32 Å². The predicted octanol–water partition coefficient (Wildman–Crippen LogP) is 3.41. The lowest BCUT2D eigenvalue weighted by molar-refractivity contribution is -0.116. The first-order chi connectivity index (χ1) is 12.3. The highest BCUT2D eigenvalue weighted by Gasteiger charge is 2.15. The molecule has 0 aliphatic carbocycles. The summed E-state index contributed by atoms with van der Waals surface area (Å²) in [4.78, 5) is 20.1. The summed E-state index contributed by atoms with van der Waals surface area (Å²) in [6.45, 7) is 5.54. The lowest BCUT2D eigenvalue weighted by Crippen LogP contribution is -2.15. The first-order valence-electron chi connectivity index (χ1n) is 8.55. The van der Waals surface area contributed by atoms with E-state index in [2.05, 4.69) is 26.9 Å². The van der Waals surface area contributed by atoms with E-state index < -0.39 is 10.0 Å². The minimum absolute atomic E-state index is 0.0703. The van der Waals surface area contributed by atoms with Crippen LogP contribution in [0, 0.1) is 13.8 Å². The summed E-state index contributed by atoms with van der Waals surface area (Å²) in [7, 11) is -3.76. The molecule has 2 N–H and O–H groups in total. The van der Waals surface area contributed by atoms with Gasteiger partial charge in [0.05, 0.1) is 4.90 Å². The Morgan fingerprint density at radius 1 is 1.08 bits per heavy atom. The number of amides is 1. The van der Waals surface area contributed by atoms with Crippen LogP contribution < -0.4 is 10.0 Å². The van der Waals surface area contributed by atoms with E-state index in [4.69, 9.17) is 0 Å². The maximum absolute atomic E-state index is 12.5. The summed E-state index contributed by atoms with van der Waals surface area (Å²) in [5, 5.41) is 2.77. The molecule has 0 aliphatic heterocycles. The standard InChI is InChI=1S/C18H24N4O3S/c1-4-5-6-7-18(23)21-15-8-10-16(11-9-15)26(24,25)22-17-12-13(2)19-14(3)20-17/h8-12H,4-7H2,1-3H3,(H,21,23)(H,19,20,22). The van der Waals surface area contributed by atoms with Gasteiger partial charge in [-0.2, -0.15) is 0 Å². The van der Waals surface area contributed by atoms with E-state index in [-0.39, 0.29) is 16.6 Å². The summed E-state index contributed by atoms with van der Waals surface area (Å²) >= 11 is 0. The molecule has 2 aromatic rings. The topological polar surface area (TPSA) is 101 Å². The van der Waals surface area contributed by atoms with Crippen molar-refractivity contribution in [1.82, 2.24) is 9.97 Å². The van der Waals surface area contributed by atoms with Gasteiger partial charge in [-0.25, -0.2) is 18.4 Å². The summed E-state index contributed by atoms with van der Waals surface area (Å²) in [6, 6.07) is 7.61. The molecule has 1 aromatic heterocycles. The first-order valence-corrected chi connectivity index (χ1v) is 10.0. The van der Waals surface area contributed by atoms with Crippen molar-refractivity contribution in [3.8, 4) is 0 Å². The molecular formula is C18H24N4O3S. The second-order valence-electron chi connectivity index (χ2n) is 6.08. The number of rotatable bonds is 8. The van der Waals surface area contributed by atoms with Crippen LogP contribution in [-0.2, 0) is 14.8 Å². The zero-order valence-electron chi connectivity index (χ0n) is 15.2. The number of carbonyl (C=O) groups is 1. The average Bonchev–Trinajstić information content (AvgIpc) is 2.54. The number of nitrogens with one attached hydrogen (secondary N) is 2. The number of aryl methyl sites for hydroxylation is 2. The molecule has 1 heterocycles. The van der Waals surface area contributed by atoms with Gasteiger partial charge in [0.15, 0.2) is 0 Å². The molecule has 0 saturated heterocycles. The SMILES string of the molecule is CCCCCC(=O)Nc1ccc(S(=O)(=O)Nc2cc(C)nc(C)n2)cc1. The van der Waals surface area contributed by atoms with Crippen LogP contribution in [0.4, 0.5) is 11.5 Å². The molecule has 0 unspecified atom stereocenters. The Kier molecular flexibility index (Phi) is 6.68. The second kappa shape index (κ2) is 8.75. The van der Waals surface area contributed by atoms with Crippen molar-refractivity contribution in [2.75, 3.05) is 10.0 Å². The number of carbonyl (C=O) groups excluding carboxylic acids is 1. The summed E-state index contributed by atoms with van der Waals surface area (Å²) in [6.07, 6.45) is 3.37. The quantitative estimate of drug-likeness (QED) is 0.688. The number of aromatic nitrogens is 2. The minimum Gasteiger partial charge on any atom is -0.326 e. The van der Waals surface area contributed by atoms with Crippen molar-refractivity contribution in [3.63, 3.8) is 0 Å². The average molecular weight is 376 g/mol. The van der Waals surface area contributed by atoms with Crippen LogP contribution in [0.25, 0.3) is 0 Å². The van der Waals surface area contributed by atoms with E-state index in [0.29, 0.717) is 23.6 Å². The van der Waals surface area contributed by atoms with Crippen LogP contribution >= 0.6 is 0 Å². The molecule has 0 bridgehead atoms. The third-order valence-corrected chi connectivity index (χ3v) is 5.03. The zero-order chi connectivity index (χ0) is 19.2. The van der Waals surface area contributed by atoms with Gasteiger partial charge in [0.25, 0.3) is 10.0 Å². The lowest BCUT2D eigenvalue weighted by Gasteiger charge is -2.10. The molecule has 26 heavy (non-hydrogen) atoms. The third kappa shape index (κ3) is 5.80. The molecule has 1 amide bonds. The van der Waals surface area contributed by atoms with Crippen molar-refractivity contribution in [3.05, 3.63) is 41.9 Å². The molecule has 2 rings (SSSR count). The molecule has 8 heteroatoms. The number of anilines is 2. The van der Waals surface area contributed by atoms with Crippen LogP contribution in [-0.4, -0.2) is 24.3 Å². The predicted molar refractivity (Wildman–Crippen MR) is 102 cm³/mol. The molecule has 7 nitrogen and oxygen atoms in total. The van der Waals surface area contributed by atoms with E-state index in [1.54, 1.807) is 32.0 Å². The van der Waals surface area contributed by atoms with Gasteiger partial charge in [0.1, 0.15) is 11.6 Å². The Bertz CT molecular complexity index is 844. The van der Waals surface area contributed by atoms with E-state index in [1.807, 2.05) is 0 Å². The smallest absolute Gasteiger partial charge is 0.263 e. The van der Waals surface area contributed by atoms with Gasteiger partial charge in [0.2, 0.25) is 5.91 Å². The van der Waals surface area contributed by atoms with Crippen LogP contribution in [0.3, 0.4) is 0 Å². The summed E-state index contributed by atoms with van der Waals surface area (Å²) < 4.78 is 27.4. The summed E-state index contributed by atoms with van der Waals surface area (Å²) in [5.41, 5.74) is 1.25. The number of sulfonamides is 1. The fourth-order valence-electron chi connectivity index (χ4n) is 2.44. The fourth-order valence-corrected chi connectivity index (χ4v) is 3.43. The highest BCUT2D eigenvalue weighted by molar-refractivity contribution is 7.92. The van der Waals surface area contributed by atoms with Gasteiger partial charge in [0, 0.05) is 23.9 Å². The molecule has 1 aromatic carbocycles. The normalized spacial score (nSPS) is 11.2. The van der Waals surface area contributed by atoms with Gasteiger partial charge in [-0.05, 0) is 44.5 Å². The molecule has 0 aliphatic rings. The first kappa shape index (κ1) is 19.8. The molecule has 140 valence electrons. The highest BCUT2D eigenvalue weighted by atomic mass is 32.2. The maximum Gasteiger partial charge on any atom is 0.263 e. The van der Waals surface area contributed by atoms with Crippen LogP contribution in [0.2, 0.25) is 0 Å². The van der Waals surface area contributed by atoms with Crippen LogP contribution in [0.1, 0.15) is 44.1 Å². The number of hydrogen-bond donors (Lipinski definition) is 2. The zero-order valence-corrected chi connectivity index (χ0v) is 16.1. The molecule has 0 spiro atoms. The summed E-state index contributed by atoms with van der Waals surface area (Å²) in [5.74, 6) is 0.645. The molecule has 0 atom stereocenters. The van der Waals surface area contributed by atoms with E-state index in [9.17, 15) is 13.2 Å². The van der Waals surface area contributed by atoms with E-state index in [0.717, 1.165) is 19.3 Å². The van der Waals surface area contributed by atoms with E-state index in [1.165, 1.54) is 12.1 Å². The Morgan fingerprint density at radius 3 is 2.38 bits per heavy atom. The Hall–Kier alpha value is -2.48. The van der Waals surface area contributed by atoms with Crippen molar-refractivity contribution < 1.29 is 13.2 Å². The van der Waals surface area contributed by atoms with Gasteiger partial charge >= 0.3 is 0 Å². The van der Waals surface area contributed by atoms with Crippen molar-refractivity contribution >= 4 is 27.4 Å². The Labute approximate surface area is 154 Å². The molecule has 0 fully saturated rings. The number of benzene rings is 1. The maximum atomic E-state index is 12.5. The molecule has 0 saturated carbocycles. The Balaban J connectivity index is 2.05. The number of hydrogen-bond acceptors (Lipinski definition) is 5. The molecular weight excluding hydrogens is 352 g/mol. The molecule has 0 radical (unpaired) electrons. The van der Waals surface area contributed by atoms with Gasteiger partial charge in [-0.1, -0.05) is 19.8 Å². The lowest BCUT2D eigenvalue weighted by atomic mass is 10.2. The number of unbranched alkanes of at least 4 members (excludes halogenated alkanes) is 2. The van der Waals surface area contributed by atoms with Crippen molar-refractivity contribution in [2.45, 2.75) is 51.3 Å². The largest absolute Gasteiger partial charge is 0.326 e. The van der Waals surface area contributed by atoms with Gasteiger partial charge in [-0.15, -0.1) is 0 Å². The highest BCUT2D eigenvalue weighted by Crippen LogP contribution is 2.18. The van der Waals surface area contributed by atoms with Crippen molar-refractivity contribution in [2.24, 2.45) is 0 Å².